The van der Waals surface area contributed by atoms with Crippen LogP contribution in [-0.2, 0) is 24.1 Å². The van der Waals surface area contributed by atoms with Gasteiger partial charge in [-0.1, -0.05) is 6.92 Å². The molecule has 2 heterocycles. The molecule has 6 nitrogen and oxygen atoms in total. The molecule has 1 amide bonds. The maximum Gasteiger partial charge on any atom is 0.267 e. The van der Waals surface area contributed by atoms with Gasteiger partial charge in [-0.25, -0.2) is 5.10 Å². The van der Waals surface area contributed by atoms with Crippen LogP contribution in [0.4, 0.5) is 0 Å². The lowest BCUT2D eigenvalue weighted by molar-refractivity contribution is -0.120. The van der Waals surface area contributed by atoms with Gasteiger partial charge in [0, 0.05) is 18.2 Å². The lowest BCUT2D eigenvalue weighted by Gasteiger charge is -2.23. The van der Waals surface area contributed by atoms with Crippen LogP contribution >= 0.6 is 0 Å². The monoisotopic (exact) mass is 318 g/mol. The summed E-state index contributed by atoms with van der Waals surface area (Å²) < 4.78 is 0. The first-order chi connectivity index (χ1) is 11.2. The smallest absolute Gasteiger partial charge is 0.267 e. The molecule has 1 unspecified atom stereocenters. The van der Waals surface area contributed by atoms with Gasteiger partial charge >= 0.3 is 0 Å². The third-order valence-corrected chi connectivity index (χ3v) is 5.15. The number of aromatic nitrogens is 2. The molecule has 1 aliphatic heterocycles. The molecule has 126 valence electrons. The number of carbonyl (C=O) groups excluding carboxylic acids is 1. The van der Waals surface area contributed by atoms with Gasteiger partial charge in [-0.2, -0.15) is 5.10 Å². The van der Waals surface area contributed by atoms with Crippen molar-refractivity contribution < 1.29 is 4.79 Å². The predicted molar refractivity (Wildman–Crippen MR) is 88.5 cm³/mol. The summed E-state index contributed by atoms with van der Waals surface area (Å²) in [5.41, 5.74) is 2.50. The van der Waals surface area contributed by atoms with Gasteiger partial charge in [0.05, 0.1) is 12.1 Å². The highest BCUT2D eigenvalue weighted by atomic mass is 16.1. The first-order valence-corrected chi connectivity index (χ1v) is 8.79. The highest BCUT2D eigenvalue weighted by Gasteiger charge is 2.24. The molecular weight excluding hydrogens is 292 g/mol. The minimum atomic E-state index is -0.0894. The SMILES string of the molecule is CCN1CCCC1CNC(=O)Cc1n[nH]c(=O)c2c1CCCC2. The zero-order chi connectivity index (χ0) is 16.2. The van der Waals surface area contributed by atoms with Crippen LogP contribution in [0.15, 0.2) is 4.79 Å². The molecule has 2 N–H and O–H groups in total. The molecule has 0 spiro atoms. The molecule has 1 atom stereocenters. The topological polar surface area (TPSA) is 78.1 Å². The van der Waals surface area contributed by atoms with Crippen molar-refractivity contribution in [3.8, 4) is 0 Å². The van der Waals surface area contributed by atoms with Crippen LogP contribution in [0.1, 0.15) is 49.4 Å². The molecule has 0 saturated carbocycles. The van der Waals surface area contributed by atoms with Crippen molar-refractivity contribution in [2.24, 2.45) is 0 Å². The number of likely N-dealkylation sites (N-methyl/N-ethyl adjacent to an activating group) is 1. The average Bonchev–Trinajstić information content (AvgIpc) is 3.03. The van der Waals surface area contributed by atoms with E-state index in [-0.39, 0.29) is 17.9 Å². The molecule has 2 aliphatic rings. The van der Waals surface area contributed by atoms with Gasteiger partial charge in [0.1, 0.15) is 0 Å². The van der Waals surface area contributed by atoms with E-state index in [4.69, 9.17) is 0 Å². The number of carbonyl (C=O) groups is 1. The Morgan fingerprint density at radius 2 is 2.09 bits per heavy atom. The summed E-state index contributed by atoms with van der Waals surface area (Å²) in [7, 11) is 0. The van der Waals surface area contributed by atoms with Gasteiger partial charge in [0.15, 0.2) is 0 Å². The van der Waals surface area contributed by atoms with Crippen molar-refractivity contribution in [1.82, 2.24) is 20.4 Å². The third kappa shape index (κ3) is 3.63. The number of H-pyrrole nitrogens is 1. The largest absolute Gasteiger partial charge is 0.354 e. The molecule has 1 fully saturated rings. The van der Waals surface area contributed by atoms with Crippen molar-refractivity contribution >= 4 is 5.91 Å². The number of rotatable bonds is 5. The van der Waals surface area contributed by atoms with Crippen LogP contribution in [0, 0.1) is 0 Å². The van der Waals surface area contributed by atoms with Gasteiger partial charge in [-0.05, 0) is 57.2 Å². The molecule has 3 rings (SSSR count). The molecular formula is C17H26N4O2. The summed E-state index contributed by atoms with van der Waals surface area (Å²) in [6.07, 6.45) is 6.40. The summed E-state index contributed by atoms with van der Waals surface area (Å²) in [4.78, 5) is 26.5. The molecule has 1 saturated heterocycles. The lowest BCUT2D eigenvalue weighted by atomic mass is 9.91. The van der Waals surface area contributed by atoms with E-state index in [0.29, 0.717) is 12.6 Å². The van der Waals surface area contributed by atoms with Gasteiger partial charge < -0.3 is 5.32 Å². The van der Waals surface area contributed by atoms with Crippen LogP contribution in [0.5, 0.6) is 0 Å². The molecule has 6 heteroatoms. The van der Waals surface area contributed by atoms with Crippen molar-refractivity contribution in [2.75, 3.05) is 19.6 Å². The van der Waals surface area contributed by atoms with Gasteiger partial charge in [0.2, 0.25) is 5.91 Å². The fourth-order valence-electron chi connectivity index (χ4n) is 3.86. The van der Waals surface area contributed by atoms with Crippen molar-refractivity contribution in [3.63, 3.8) is 0 Å². The number of nitrogens with zero attached hydrogens (tertiary/aromatic N) is 2. The first-order valence-electron chi connectivity index (χ1n) is 8.79. The van der Waals surface area contributed by atoms with E-state index in [1.807, 2.05) is 0 Å². The molecule has 1 aromatic rings. The molecule has 0 bridgehead atoms. The van der Waals surface area contributed by atoms with Crippen LogP contribution in [0.3, 0.4) is 0 Å². The first kappa shape index (κ1) is 16.2. The van der Waals surface area contributed by atoms with Crippen molar-refractivity contribution in [3.05, 3.63) is 27.2 Å². The second-order valence-electron chi connectivity index (χ2n) is 6.57. The Kier molecular flexibility index (Phi) is 5.10. The van der Waals surface area contributed by atoms with Crippen molar-refractivity contribution in [1.29, 1.82) is 0 Å². The summed E-state index contributed by atoms with van der Waals surface area (Å²) in [5.74, 6) is 0.000255. The minimum Gasteiger partial charge on any atom is -0.354 e. The minimum absolute atomic E-state index is 0.000255. The molecule has 23 heavy (non-hydrogen) atoms. The van der Waals surface area contributed by atoms with Crippen LogP contribution < -0.4 is 10.9 Å². The van der Waals surface area contributed by atoms with E-state index in [9.17, 15) is 9.59 Å². The number of hydrogen-bond acceptors (Lipinski definition) is 4. The molecule has 1 aromatic heterocycles. The van der Waals surface area contributed by atoms with E-state index in [2.05, 4.69) is 27.3 Å². The lowest BCUT2D eigenvalue weighted by Crippen LogP contribution is -2.40. The number of amides is 1. The molecule has 0 aromatic carbocycles. The summed E-state index contributed by atoms with van der Waals surface area (Å²) in [6, 6.07) is 0.460. The van der Waals surface area contributed by atoms with E-state index >= 15 is 0 Å². The third-order valence-electron chi connectivity index (χ3n) is 5.15. The maximum absolute atomic E-state index is 12.3. The van der Waals surface area contributed by atoms with Crippen LogP contribution in [0.25, 0.3) is 0 Å². The quantitative estimate of drug-likeness (QED) is 0.841. The zero-order valence-corrected chi connectivity index (χ0v) is 13.9. The number of likely N-dealkylation sites (tertiary alicyclic amines) is 1. The Balaban J connectivity index is 1.61. The molecule has 0 radical (unpaired) electrons. The molecule has 1 aliphatic carbocycles. The fraction of sp³-hybridized carbons (Fsp3) is 0.706. The van der Waals surface area contributed by atoms with E-state index in [0.717, 1.165) is 62.0 Å². The second-order valence-corrected chi connectivity index (χ2v) is 6.57. The highest BCUT2D eigenvalue weighted by Crippen LogP contribution is 2.20. The Morgan fingerprint density at radius 3 is 2.87 bits per heavy atom. The summed E-state index contributed by atoms with van der Waals surface area (Å²) in [5, 5.41) is 9.73. The van der Waals surface area contributed by atoms with E-state index in [1.165, 1.54) is 6.42 Å². The number of hydrogen-bond donors (Lipinski definition) is 2. The summed E-state index contributed by atoms with van der Waals surface area (Å²) >= 11 is 0. The Morgan fingerprint density at radius 1 is 1.30 bits per heavy atom. The van der Waals surface area contributed by atoms with Gasteiger partial charge in [-0.3, -0.25) is 14.5 Å². The Bertz CT molecular complexity index is 626. The summed E-state index contributed by atoms with van der Waals surface area (Å²) in [6.45, 7) is 5.04. The predicted octanol–water partition coefficient (Wildman–Crippen LogP) is 0.792. The van der Waals surface area contributed by atoms with E-state index in [1.54, 1.807) is 0 Å². The Labute approximate surface area is 136 Å². The van der Waals surface area contributed by atoms with Crippen LogP contribution in [0.2, 0.25) is 0 Å². The highest BCUT2D eigenvalue weighted by molar-refractivity contribution is 5.78. The van der Waals surface area contributed by atoms with E-state index < -0.39 is 0 Å². The normalized spacial score (nSPS) is 21.2. The van der Waals surface area contributed by atoms with Gasteiger partial charge in [-0.15, -0.1) is 0 Å². The average molecular weight is 318 g/mol. The zero-order valence-electron chi connectivity index (χ0n) is 13.9. The second kappa shape index (κ2) is 7.25. The Hall–Kier alpha value is -1.69. The van der Waals surface area contributed by atoms with Crippen molar-refractivity contribution in [2.45, 2.75) is 57.9 Å². The number of nitrogens with one attached hydrogen (secondary N) is 2. The van der Waals surface area contributed by atoms with Crippen LogP contribution in [-0.4, -0.2) is 46.7 Å². The fourth-order valence-corrected chi connectivity index (χ4v) is 3.86. The van der Waals surface area contributed by atoms with Gasteiger partial charge in [0.25, 0.3) is 5.56 Å². The number of fused-ring (bicyclic) bond motifs is 1. The maximum atomic E-state index is 12.3. The number of aromatic amines is 1. The standard InChI is InChI=1S/C17H26N4O2/c1-2-21-9-5-6-12(21)11-18-16(22)10-15-13-7-3-4-8-14(13)17(23)20-19-15/h12H,2-11H2,1H3,(H,18,22)(H,20,23).